The lowest BCUT2D eigenvalue weighted by atomic mass is 10.2. The number of pyridine rings is 1. The van der Waals surface area contributed by atoms with Gasteiger partial charge in [0.25, 0.3) is 0 Å². The van der Waals surface area contributed by atoms with E-state index in [2.05, 4.69) is 4.98 Å². The van der Waals surface area contributed by atoms with Crippen LogP contribution in [0, 0.1) is 0 Å². The monoisotopic (exact) mass is 277 g/mol. The van der Waals surface area contributed by atoms with Crippen LogP contribution >= 0.6 is 0 Å². The molecule has 1 heterocycles. The van der Waals surface area contributed by atoms with Crippen LogP contribution in [0.1, 0.15) is 5.56 Å². The molecule has 19 heavy (non-hydrogen) atoms. The number of methoxy groups -OCH3 is 1. The van der Waals surface area contributed by atoms with Gasteiger partial charge in [-0.25, -0.2) is 8.42 Å². The van der Waals surface area contributed by atoms with Crippen molar-refractivity contribution in [3.8, 4) is 5.75 Å². The summed E-state index contributed by atoms with van der Waals surface area (Å²) in [5.41, 5.74) is 0.965. The van der Waals surface area contributed by atoms with Gasteiger partial charge in [-0.1, -0.05) is 0 Å². The van der Waals surface area contributed by atoms with Gasteiger partial charge in [-0.2, -0.15) is 0 Å². The molecule has 0 bridgehead atoms. The van der Waals surface area contributed by atoms with Crippen LogP contribution in [0.4, 0.5) is 0 Å². The highest BCUT2D eigenvalue weighted by Crippen LogP contribution is 2.17. The Morgan fingerprint density at radius 2 is 1.68 bits per heavy atom. The molecule has 0 atom stereocenters. The second kappa shape index (κ2) is 5.84. The van der Waals surface area contributed by atoms with Crippen molar-refractivity contribution in [1.29, 1.82) is 0 Å². The van der Waals surface area contributed by atoms with Gasteiger partial charge in [-0.15, -0.1) is 0 Å². The molecule has 1 aromatic carbocycles. The maximum atomic E-state index is 12.1. The molecule has 0 fully saturated rings. The van der Waals surface area contributed by atoms with Crippen molar-refractivity contribution >= 4 is 9.84 Å². The van der Waals surface area contributed by atoms with Crippen molar-refractivity contribution in [3.63, 3.8) is 0 Å². The van der Waals surface area contributed by atoms with Gasteiger partial charge in [0.05, 0.1) is 17.8 Å². The Balaban J connectivity index is 2.09. The lowest BCUT2D eigenvalue weighted by molar-refractivity contribution is 0.414. The molecule has 0 amide bonds. The minimum Gasteiger partial charge on any atom is -0.497 e. The highest BCUT2D eigenvalue weighted by Gasteiger charge is 2.14. The third kappa shape index (κ3) is 3.54. The fourth-order valence-corrected chi connectivity index (χ4v) is 2.99. The number of hydrogen-bond acceptors (Lipinski definition) is 4. The van der Waals surface area contributed by atoms with Gasteiger partial charge in [0.2, 0.25) is 0 Å². The highest BCUT2D eigenvalue weighted by atomic mass is 32.2. The average molecular weight is 277 g/mol. The van der Waals surface area contributed by atoms with Gasteiger partial charge in [-0.05, 0) is 48.4 Å². The first-order chi connectivity index (χ1) is 9.12. The zero-order valence-corrected chi connectivity index (χ0v) is 11.4. The number of nitrogens with zero attached hydrogens (tertiary/aromatic N) is 1. The summed E-state index contributed by atoms with van der Waals surface area (Å²) in [5.74, 6) is 0.733. The maximum absolute atomic E-state index is 12.1. The van der Waals surface area contributed by atoms with Gasteiger partial charge in [0.15, 0.2) is 9.84 Å². The molecular formula is C14H15NO3S. The molecule has 2 rings (SSSR count). The fraction of sp³-hybridized carbons (Fsp3) is 0.214. The zero-order valence-electron chi connectivity index (χ0n) is 10.6. The molecule has 0 spiro atoms. The Morgan fingerprint density at radius 1 is 1.05 bits per heavy atom. The first-order valence-electron chi connectivity index (χ1n) is 5.87. The zero-order chi connectivity index (χ0) is 13.7. The largest absolute Gasteiger partial charge is 0.497 e. The van der Waals surface area contributed by atoms with Crippen LogP contribution in [-0.2, 0) is 16.3 Å². The molecule has 0 unspecified atom stereocenters. The summed E-state index contributed by atoms with van der Waals surface area (Å²) in [7, 11) is -1.71. The van der Waals surface area contributed by atoms with Gasteiger partial charge in [0, 0.05) is 12.4 Å². The molecule has 4 nitrogen and oxygen atoms in total. The third-order valence-electron chi connectivity index (χ3n) is 2.83. The van der Waals surface area contributed by atoms with E-state index in [1.165, 1.54) is 0 Å². The number of hydrogen-bond donors (Lipinski definition) is 0. The van der Waals surface area contributed by atoms with Crippen LogP contribution < -0.4 is 4.74 Å². The van der Waals surface area contributed by atoms with E-state index in [1.807, 2.05) is 12.1 Å². The van der Waals surface area contributed by atoms with Crippen LogP contribution in [0.3, 0.4) is 0 Å². The number of benzene rings is 1. The molecule has 0 aliphatic rings. The first-order valence-corrected chi connectivity index (χ1v) is 7.53. The lowest BCUT2D eigenvalue weighted by Gasteiger charge is -2.05. The fourth-order valence-electron chi connectivity index (χ4n) is 1.70. The molecule has 1 aromatic heterocycles. The Bertz CT molecular complexity index is 622. The van der Waals surface area contributed by atoms with Crippen molar-refractivity contribution in [1.82, 2.24) is 4.98 Å². The summed E-state index contributed by atoms with van der Waals surface area (Å²) in [4.78, 5) is 4.23. The van der Waals surface area contributed by atoms with E-state index in [0.29, 0.717) is 17.1 Å². The van der Waals surface area contributed by atoms with E-state index in [4.69, 9.17) is 4.74 Å². The molecule has 0 saturated carbocycles. The van der Waals surface area contributed by atoms with Crippen LogP contribution in [0.15, 0.2) is 53.7 Å². The van der Waals surface area contributed by atoms with Crippen LogP contribution in [0.2, 0.25) is 0 Å². The summed E-state index contributed by atoms with van der Waals surface area (Å²) in [5, 5.41) is 0. The van der Waals surface area contributed by atoms with Gasteiger partial charge in [0.1, 0.15) is 5.75 Å². The average Bonchev–Trinajstić information content (AvgIpc) is 2.46. The van der Waals surface area contributed by atoms with Crippen molar-refractivity contribution < 1.29 is 13.2 Å². The maximum Gasteiger partial charge on any atom is 0.178 e. The summed E-state index contributed by atoms with van der Waals surface area (Å²) in [6.45, 7) is 0. The summed E-state index contributed by atoms with van der Waals surface area (Å²) >= 11 is 0. The van der Waals surface area contributed by atoms with E-state index in [-0.39, 0.29) is 5.75 Å². The van der Waals surface area contributed by atoms with E-state index < -0.39 is 9.84 Å². The Hall–Kier alpha value is -1.88. The smallest absolute Gasteiger partial charge is 0.178 e. The van der Waals surface area contributed by atoms with Crippen molar-refractivity contribution in [2.75, 3.05) is 12.9 Å². The second-order valence-corrected chi connectivity index (χ2v) is 6.21. The van der Waals surface area contributed by atoms with E-state index >= 15 is 0 Å². The Kier molecular flexibility index (Phi) is 4.16. The summed E-state index contributed by atoms with van der Waals surface area (Å²) < 4.78 is 29.3. The van der Waals surface area contributed by atoms with Gasteiger partial charge >= 0.3 is 0 Å². The molecule has 2 aromatic rings. The van der Waals surface area contributed by atoms with Crippen LogP contribution in [-0.4, -0.2) is 26.3 Å². The van der Waals surface area contributed by atoms with Crippen molar-refractivity contribution in [2.45, 2.75) is 11.3 Å². The van der Waals surface area contributed by atoms with Gasteiger partial charge in [-0.3, -0.25) is 4.98 Å². The number of aromatic nitrogens is 1. The number of ether oxygens (including phenoxy) is 1. The number of aryl methyl sites for hydroxylation is 1. The SMILES string of the molecule is COc1ccc(S(=O)(=O)CCc2ccncc2)cc1. The molecule has 0 aliphatic carbocycles. The lowest BCUT2D eigenvalue weighted by Crippen LogP contribution is -2.09. The van der Waals surface area contributed by atoms with Crippen LogP contribution in [0.25, 0.3) is 0 Å². The van der Waals surface area contributed by atoms with E-state index in [0.717, 1.165) is 5.56 Å². The number of sulfone groups is 1. The first kappa shape index (κ1) is 13.5. The predicted octanol–water partition coefficient (Wildman–Crippen LogP) is 2.11. The second-order valence-electron chi connectivity index (χ2n) is 4.10. The van der Waals surface area contributed by atoms with E-state index in [1.54, 1.807) is 43.8 Å². The molecule has 0 saturated heterocycles. The summed E-state index contributed by atoms with van der Waals surface area (Å²) in [6, 6.07) is 10.1. The van der Waals surface area contributed by atoms with Gasteiger partial charge < -0.3 is 4.74 Å². The normalized spacial score (nSPS) is 11.2. The molecule has 0 radical (unpaired) electrons. The van der Waals surface area contributed by atoms with Crippen LogP contribution in [0.5, 0.6) is 5.75 Å². The third-order valence-corrected chi connectivity index (χ3v) is 4.56. The molecule has 5 heteroatoms. The molecule has 0 aliphatic heterocycles. The van der Waals surface area contributed by atoms with Crippen molar-refractivity contribution in [3.05, 3.63) is 54.4 Å². The minimum atomic E-state index is -3.26. The predicted molar refractivity (Wildman–Crippen MR) is 73.0 cm³/mol. The van der Waals surface area contributed by atoms with Crippen molar-refractivity contribution in [2.24, 2.45) is 0 Å². The highest BCUT2D eigenvalue weighted by molar-refractivity contribution is 7.91. The molecule has 0 N–H and O–H groups in total. The van der Waals surface area contributed by atoms with E-state index in [9.17, 15) is 8.42 Å². The minimum absolute atomic E-state index is 0.0866. The topological polar surface area (TPSA) is 56.3 Å². The Labute approximate surface area is 113 Å². The molecular weight excluding hydrogens is 262 g/mol. The number of rotatable bonds is 5. The summed E-state index contributed by atoms with van der Waals surface area (Å²) in [6.07, 6.45) is 3.81. The Morgan fingerprint density at radius 3 is 2.26 bits per heavy atom. The molecule has 100 valence electrons. The standard InChI is InChI=1S/C14H15NO3S/c1-18-13-2-4-14(5-3-13)19(16,17)11-8-12-6-9-15-10-7-12/h2-7,9-10H,8,11H2,1H3. The quantitative estimate of drug-likeness (QED) is 0.840.